The van der Waals surface area contributed by atoms with Gasteiger partial charge in [0.15, 0.2) is 0 Å². The molecule has 3 N–H and O–H groups in total. The van der Waals surface area contributed by atoms with Gasteiger partial charge in [0.2, 0.25) is 0 Å². The molecular weight excluding hydrogens is 280 g/mol. The smallest absolute Gasteiger partial charge is 0.288 e. The van der Waals surface area contributed by atoms with Crippen LogP contribution in [0, 0.1) is 16.0 Å². The van der Waals surface area contributed by atoms with E-state index in [1.54, 1.807) is 6.07 Å². The molecule has 1 aliphatic carbocycles. The van der Waals surface area contributed by atoms with Crippen molar-refractivity contribution < 1.29 is 10.0 Å². The summed E-state index contributed by atoms with van der Waals surface area (Å²) in [6.45, 7) is 0. The number of nitro benzene ring substituents is 1. The first kappa shape index (κ1) is 15.2. The van der Waals surface area contributed by atoms with Crippen LogP contribution >= 0.6 is 11.6 Å². The highest BCUT2D eigenvalue weighted by atomic mass is 35.5. The molecule has 2 rings (SSSR count). The van der Waals surface area contributed by atoms with Crippen LogP contribution in [0.5, 0.6) is 0 Å². The van der Waals surface area contributed by atoms with Gasteiger partial charge in [-0.3, -0.25) is 10.1 Å². The number of nitro groups is 1. The van der Waals surface area contributed by atoms with Gasteiger partial charge in [-0.05, 0) is 30.4 Å². The standard InChI is InChI=1S/C14H19ClN2O3/c15-11-7-6-10(8-12(11)17(19)20)13(16)14(18)9-4-2-1-3-5-9/h6-9,13-14,18H,1-5,16H2/t13-,14+/m1/s1. The second-order valence-corrected chi connectivity index (χ2v) is 5.79. The molecule has 20 heavy (non-hydrogen) atoms. The van der Waals surface area contributed by atoms with E-state index in [0.717, 1.165) is 25.7 Å². The van der Waals surface area contributed by atoms with Crippen molar-refractivity contribution in [3.05, 3.63) is 38.9 Å². The molecule has 0 bridgehead atoms. The van der Waals surface area contributed by atoms with Crippen LogP contribution in [0.1, 0.15) is 43.7 Å². The van der Waals surface area contributed by atoms with E-state index >= 15 is 0 Å². The predicted octanol–water partition coefficient (Wildman–Crippen LogP) is 3.19. The van der Waals surface area contributed by atoms with Crippen molar-refractivity contribution in [2.24, 2.45) is 11.7 Å². The van der Waals surface area contributed by atoms with E-state index in [0.29, 0.717) is 5.56 Å². The molecule has 0 heterocycles. The summed E-state index contributed by atoms with van der Waals surface area (Å²) in [6, 6.07) is 3.85. The molecule has 0 unspecified atom stereocenters. The number of hydrogen-bond acceptors (Lipinski definition) is 4. The highest BCUT2D eigenvalue weighted by Crippen LogP contribution is 2.33. The maximum atomic E-state index is 10.9. The van der Waals surface area contributed by atoms with Crippen molar-refractivity contribution in [1.82, 2.24) is 0 Å². The van der Waals surface area contributed by atoms with Crippen LogP contribution in [-0.4, -0.2) is 16.1 Å². The predicted molar refractivity (Wildman–Crippen MR) is 77.6 cm³/mol. The molecule has 1 aromatic rings. The van der Waals surface area contributed by atoms with E-state index in [2.05, 4.69) is 0 Å². The lowest BCUT2D eigenvalue weighted by Gasteiger charge is -2.30. The molecule has 110 valence electrons. The zero-order valence-corrected chi connectivity index (χ0v) is 11.9. The number of nitrogens with zero attached hydrogens (tertiary/aromatic N) is 1. The van der Waals surface area contributed by atoms with Crippen molar-refractivity contribution in [3.8, 4) is 0 Å². The van der Waals surface area contributed by atoms with Crippen LogP contribution in [0.15, 0.2) is 18.2 Å². The summed E-state index contributed by atoms with van der Waals surface area (Å²) in [6.07, 6.45) is 4.67. The Morgan fingerprint density at radius 3 is 2.60 bits per heavy atom. The van der Waals surface area contributed by atoms with Crippen LogP contribution in [0.4, 0.5) is 5.69 Å². The minimum Gasteiger partial charge on any atom is -0.391 e. The number of hydrogen-bond donors (Lipinski definition) is 2. The highest BCUT2D eigenvalue weighted by Gasteiger charge is 2.28. The number of nitrogens with two attached hydrogens (primary N) is 1. The molecule has 0 radical (unpaired) electrons. The lowest BCUT2D eigenvalue weighted by atomic mass is 9.81. The van der Waals surface area contributed by atoms with Crippen molar-refractivity contribution in [3.63, 3.8) is 0 Å². The monoisotopic (exact) mass is 298 g/mol. The van der Waals surface area contributed by atoms with E-state index in [9.17, 15) is 15.2 Å². The lowest BCUT2D eigenvalue weighted by Crippen LogP contribution is -2.34. The summed E-state index contributed by atoms with van der Waals surface area (Å²) in [5.41, 5.74) is 6.46. The molecule has 0 aromatic heterocycles. The van der Waals surface area contributed by atoms with Gasteiger partial charge in [-0.2, -0.15) is 0 Å². The number of rotatable bonds is 4. The van der Waals surface area contributed by atoms with Crippen LogP contribution in [0.25, 0.3) is 0 Å². The number of aliphatic hydroxyl groups excluding tert-OH is 1. The summed E-state index contributed by atoms with van der Waals surface area (Å²) >= 11 is 5.78. The number of aliphatic hydroxyl groups is 1. The molecule has 1 aliphatic rings. The zero-order chi connectivity index (χ0) is 14.7. The van der Waals surface area contributed by atoms with Gasteiger partial charge < -0.3 is 10.8 Å². The Bertz CT molecular complexity index is 489. The van der Waals surface area contributed by atoms with E-state index < -0.39 is 17.1 Å². The molecule has 0 aliphatic heterocycles. The molecule has 0 amide bonds. The third-order valence-electron chi connectivity index (χ3n) is 4.05. The van der Waals surface area contributed by atoms with E-state index in [1.165, 1.54) is 18.6 Å². The number of halogens is 1. The maximum Gasteiger partial charge on any atom is 0.288 e. The minimum atomic E-state index is -0.670. The summed E-state index contributed by atoms with van der Waals surface area (Å²) < 4.78 is 0. The van der Waals surface area contributed by atoms with Crippen molar-refractivity contribution in [2.75, 3.05) is 0 Å². The molecule has 2 atom stereocenters. The van der Waals surface area contributed by atoms with Crippen LogP contribution in [0.3, 0.4) is 0 Å². The number of benzene rings is 1. The second kappa shape index (κ2) is 6.52. The van der Waals surface area contributed by atoms with E-state index in [4.69, 9.17) is 17.3 Å². The summed E-state index contributed by atoms with van der Waals surface area (Å²) in [5.74, 6) is 0.175. The van der Waals surface area contributed by atoms with Crippen molar-refractivity contribution >= 4 is 17.3 Å². The van der Waals surface area contributed by atoms with Gasteiger partial charge in [-0.15, -0.1) is 0 Å². The first-order valence-electron chi connectivity index (χ1n) is 6.88. The largest absolute Gasteiger partial charge is 0.391 e. The van der Waals surface area contributed by atoms with Crippen LogP contribution in [-0.2, 0) is 0 Å². The average Bonchev–Trinajstić information content (AvgIpc) is 2.47. The van der Waals surface area contributed by atoms with Gasteiger partial charge in [0.1, 0.15) is 5.02 Å². The molecule has 6 heteroatoms. The second-order valence-electron chi connectivity index (χ2n) is 5.38. The third kappa shape index (κ3) is 3.29. The van der Waals surface area contributed by atoms with Gasteiger partial charge in [0, 0.05) is 6.07 Å². The van der Waals surface area contributed by atoms with Gasteiger partial charge >= 0.3 is 0 Å². The molecule has 1 aromatic carbocycles. The fourth-order valence-corrected chi connectivity index (χ4v) is 3.03. The van der Waals surface area contributed by atoms with Crippen molar-refractivity contribution in [1.29, 1.82) is 0 Å². The Kier molecular flexibility index (Phi) is 4.96. The van der Waals surface area contributed by atoms with Crippen molar-refractivity contribution in [2.45, 2.75) is 44.2 Å². The highest BCUT2D eigenvalue weighted by molar-refractivity contribution is 6.32. The average molecular weight is 299 g/mol. The van der Waals surface area contributed by atoms with Gasteiger partial charge in [0.05, 0.1) is 17.1 Å². The Labute approximate surface area is 122 Å². The SMILES string of the molecule is N[C@H](c1ccc(Cl)c([N+](=O)[O-])c1)[C@@H](O)C1CCCCC1. The molecular formula is C14H19ClN2O3. The Balaban J connectivity index is 2.17. The van der Waals surface area contributed by atoms with Gasteiger partial charge in [-0.1, -0.05) is 36.9 Å². The Morgan fingerprint density at radius 1 is 1.35 bits per heavy atom. The normalized spacial score (nSPS) is 19.6. The first-order chi connectivity index (χ1) is 9.50. The Hall–Kier alpha value is -1.17. The van der Waals surface area contributed by atoms with Crippen LogP contribution in [0.2, 0.25) is 5.02 Å². The molecule has 1 saturated carbocycles. The van der Waals surface area contributed by atoms with E-state index in [1.807, 2.05) is 0 Å². The summed E-state index contributed by atoms with van der Waals surface area (Å²) in [5, 5.41) is 21.3. The van der Waals surface area contributed by atoms with E-state index in [-0.39, 0.29) is 16.6 Å². The molecule has 5 nitrogen and oxygen atoms in total. The fourth-order valence-electron chi connectivity index (χ4n) is 2.84. The van der Waals surface area contributed by atoms with Gasteiger partial charge in [-0.25, -0.2) is 0 Å². The summed E-state index contributed by atoms with van der Waals surface area (Å²) in [4.78, 5) is 10.3. The van der Waals surface area contributed by atoms with Gasteiger partial charge in [0.25, 0.3) is 5.69 Å². The van der Waals surface area contributed by atoms with Crippen LogP contribution < -0.4 is 5.73 Å². The lowest BCUT2D eigenvalue weighted by molar-refractivity contribution is -0.384. The zero-order valence-electron chi connectivity index (χ0n) is 11.2. The first-order valence-corrected chi connectivity index (χ1v) is 7.26. The summed E-state index contributed by atoms with van der Waals surface area (Å²) in [7, 11) is 0. The maximum absolute atomic E-state index is 10.9. The quantitative estimate of drug-likeness (QED) is 0.660. The topological polar surface area (TPSA) is 89.4 Å². The molecule has 1 fully saturated rings. The molecule has 0 saturated heterocycles. The minimum absolute atomic E-state index is 0.0816. The third-order valence-corrected chi connectivity index (χ3v) is 4.37. The fraction of sp³-hybridized carbons (Fsp3) is 0.571. The molecule has 0 spiro atoms. The Morgan fingerprint density at radius 2 is 2.00 bits per heavy atom.